The molecule has 2 aromatic rings. The third-order valence-corrected chi connectivity index (χ3v) is 2.89. The Labute approximate surface area is 128 Å². The molecule has 0 bridgehead atoms. The molecule has 0 amide bonds. The van der Waals surface area contributed by atoms with Gasteiger partial charge in [0.15, 0.2) is 6.61 Å². The van der Waals surface area contributed by atoms with Crippen molar-refractivity contribution >= 4 is 11.9 Å². The van der Waals surface area contributed by atoms with Gasteiger partial charge in [0, 0.05) is 0 Å². The second-order valence-corrected chi connectivity index (χ2v) is 4.89. The number of carboxylic acids is 1. The highest BCUT2D eigenvalue weighted by molar-refractivity contribution is 5.92. The minimum absolute atomic E-state index is 0.00372. The lowest BCUT2D eigenvalue weighted by atomic mass is 10.1. The van der Waals surface area contributed by atoms with E-state index in [2.05, 4.69) is 0 Å². The minimum Gasteiger partial charge on any atom is -0.482 e. The van der Waals surface area contributed by atoms with Crippen LogP contribution in [0.15, 0.2) is 42.5 Å². The van der Waals surface area contributed by atoms with Crippen molar-refractivity contribution in [2.45, 2.75) is 13.8 Å². The number of aryl methyl sites for hydroxylation is 2. The number of carboxylic acid groups (broad SMARTS) is 1. The van der Waals surface area contributed by atoms with E-state index < -0.39 is 11.9 Å². The summed E-state index contributed by atoms with van der Waals surface area (Å²) < 4.78 is 10.4. The molecule has 1 N–H and O–H groups in total. The van der Waals surface area contributed by atoms with Gasteiger partial charge >= 0.3 is 11.9 Å². The molecule has 0 spiro atoms. The van der Waals surface area contributed by atoms with Crippen LogP contribution in [0.3, 0.4) is 0 Å². The Balaban J connectivity index is 2.00. The van der Waals surface area contributed by atoms with Gasteiger partial charge in [-0.15, -0.1) is 0 Å². The van der Waals surface area contributed by atoms with Crippen LogP contribution in [0.1, 0.15) is 21.5 Å². The van der Waals surface area contributed by atoms with Crippen molar-refractivity contribution in [3.8, 4) is 11.5 Å². The number of carbonyl (C=O) groups is 2. The standard InChI is InChI=1S/C17H16O5/c1-11-7-12(2)9-13(8-11)21-10-16(18)22-15-6-4-3-5-14(15)17(19)20/h3-9H,10H2,1-2H3,(H,19,20). The Bertz CT molecular complexity index is 686. The van der Waals surface area contributed by atoms with Crippen molar-refractivity contribution in [2.75, 3.05) is 6.61 Å². The van der Waals surface area contributed by atoms with Crippen LogP contribution in [-0.2, 0) is 4.79 Å². The number of benzene rings is 2. The van der Waals surface area contributed by atoms with Gasteiger partial charge in [0.1, 0.15) is 17.1 Å². The summed E-state index contributed by atoms with van der Waals surface area (Å²) in [5.41, 5.74) is 1.99. The zero-order chi connectivity index (χ0) is 16.1. The second kappa shape index (κ2) is 6.76. The summed E-state index contributed by atoms with van der Waals surface area (Å²) in [6, 6.07) is 11.6. The summed E-state index contributed by atoms with van der Waals surface area (Å²) in [5, 5.41) is 9.02. The van der Waals surface area contributed by atoms with Crippen LogP contribution in [0.5, 0.6) is 11.5 Å². The lowest BCUT2D eigenvalue weighted by Gasteiger charge is -2.09. The molecule has 0 heterocycles. The van der Waals surface area contributed by atoms with E-state index >= 15 is 0 Å². The molecule has 0 saturated heterocycles. The molecule has 0 aliphatic heterocycles. The number of esters is 1. The molecule has 0 fully saturated rings. The third kappa shape index (κ3) is 4.09. The summed E-state index contributed by atoms with van der Waals surface area (Å²) in [5.74, 6) is -1.24. The van der Waals surface area contributed by atoms with Gasteiger partial charge in [-0.2, -0.15) is 0 Å². The Morgan fingerprint density at radius 3 is 2.32 bits per heavy atom. The highest BCUT2D eigenvalue weighted by Gasteiger charge is 2.14. The fourth-order valence-electron chi connectivity index (χ4n) is 2.04. The molecular formula is C17H16O5. The van der Waals surface area contributed by atoms with Gasteiger partial charge in [-0.25, -0.2) is 9.59 Å². The Morgan fingerprint density at radius 2 is 1.68 bits per heavy atom. The smallest absolute Gasteiger partial charge is 0.349 e. The molecule has 5 nitrogen and oxygen atoms in total. The number of hydrogen-bond acceptors (Lipinski definition) is 4. The first-order valence-electron chi connectivity index (χ1n) is 6.70. The minimum atomic E-state index is -1.15. The first-order chi connectivity index (χ1) is 10.5. The molecule has 114 valence electrons. The van der Waals surface area contributed by atoms with Gasteiger partial charge in [-0.1, -0.05) is 18.2 Å². The molecule has 0 saturated carbocycles. The number of para-hydroxylation sites is 1. The molecule has 2 rings (SSSR count). The van der Waals surface area contributed by atoms with E-state index in [0.29, 0.717) is 5.75 Å². The quantitative estimate of drug-likeness (QED) is 0.679. The molecule has 2 aromatic carbocycles. The largest absolute Gasteiger partial charge is 0.482 e. The molecule has 0 aliphatic carbocycles. The first kappa shape index (κ1) is 15.6. The highest BCUT2D eigenvalue weighted by Crippen LogP contribution is 2.19. The maximum absolute atomic E-state index is 11.8. The lowest BCUT2D eigenvalue weighted by Crippen LogP contribution is -2.19. The Kier molecular flexibility index (Phi) is 4.78. The van der Waals surface area contributed by atoms with Gasteiger partial charge in [0.05, 0.1) is 0 Å². The summed E-state index contributed by atoms with van der Waals surface area (Å²) >= 11 is 0. The third-order valence-electron chi connectivity index (χ3n) is 2.89. The maximum Gasteiger partial charge on any atom is 0.349 e. The van der Waals surface area contributed by atoms with Crippen LogP contribution < -0.4 is 9.47 Å². The van der Waals surface area contributed by atoms with E-state index in [1.165, 1.54) is 12.1 Å². The number of ether oxygens (including phenoxy) is 2. The van der Waals surface area contributed by atoms with Gasteiger partial charge in [-0.3, -0.25) is 0 Å². The maximum atomic E-state index is 11.8. The average molecular weight is 300 g/mol. The summed E-state index contributed by atoms with van der Waals surface area (Å²) in [7, 11) is 0. The lowest BCUT2D eigenvalue weighted by molar-refractivity contribution is -0.136. The normalized spacial score (nSPS) is 10.1. The van der Waals surface area contributed by atoms with Crippen LogP contribution in [0.25, 0.3) is 0 Å². The van der Waals surface area contributed by atoms with Crippen LogP contribution in [0, 0.1) is 13.8 Å². The Hall–Kier alpha value is -2.82. The molecule has 22 heavy (non-hydrogen) atoms. The number of aromatic carboxylic acids is 1. The van der Waals surface area contributed by atoms with E-state index in [-0.39, 0.29) is 17.9 Å². The average Bonchev–Trinajstić information content (AvgIpc) is 2.44. The molecule has 0 atom stereocenters. The number of rotatable bonds is 5. The number of carbonyl (C=O) groups excluding carboxylic acids is 1. The van der Waals surface area contributed by atoms with Gasteiger partial charge < -0.3 is 14.6 Å². The zero-order valence-corrected chi connectivity index (χ0v) is 12.3. The predicted octanol–water partition coefficient (Wildman–Crippen LogP) is 2.99. The fourth-order valence-corrected chi connectivity index (χ4v) is 2.04. The Morgan fingerprint density at radius 1 is 1.05 bits per heavy atom. The molecule has 0 unspecified atom stereocenters. The van der Waals surface area contributed by atoms with E-state index in [1.807, 2.05) is 32.0 Å². The monoisotopic (exact) mass is 300 g/mol. The van der Waals surface area contributed by atoms with Gasteiger partial charge in [0.25, 0.3) is 0 Å². The zero-order valence-electron chi connectivity index (χ0n) is 12.3. The molecular weight excluding hydrogens is 284 g/mol. The summed E-state index contributed by atoms with van der Waals surface area (Å²) in [6.07, 6.45) is 0. The first-order valence-corrected chi connectivity index (χ1v) is 6.70. The fraction of sp³-hybridized carbons (Fsp3) is 0.176. The van der Waals surface area contributed by atoms with E-state index in [4.69, 9.17) is 14.6 Å². The van der Waals surface area contributed by atoms with Crippen molar-refractivity contribution in [3.63, 3.8) is 0 Å². The van der Waals surface area contributed by atoms with Crippen LogP contribution >= 0.6 is 0 Å². The summed E-state index contributed by atoms with van der Waals surface area (Å²) in [6.45, 7) is 3.57. The van der Waals surface area contributed by atoms with Crippen molar-refractivity contribution < 1.29 is 24.2 Å². The predicted molar refractivity (Wildman–Crippen MR) is 80.4 cm³/mol. The molecule has 0 aliphatic rings. The van der Waals surface area contributed by atoms with Crippen LogP contribution in [-0.4, -0.2) is 23.7 Å². The van der Waals surface area contributed by atoms with Gasteiger partial charge in [-0.05, 0) is 49.2 Å². The molecule has 0 radical (unpaired) electrons. The topological polar surface area (TPSA) is 72.8 Å². The van der Waals surface area contributed by atoms with Gasteiger partial charge in [0.2, 0.25) is 0 Å². The van der Waals surface area contributed by atoms with Crippen molar-refractivity contribution in [1.82, 2.24) is 0 Å². The summed E-state index contributed by atoms with van der Waals surface area (Å²) in [4.78, 5) is 22.8. The molecule has 0 aromatic heterocycles. The van der Waals surface area contributed by atoms with E-state index in [0.717, 1.165) is 11.1 Å². The van der Waals surface area contributed by atoms with Crippen LogP contribution in [0.2, 0.25) is 0 Å². The number of hydrogen-bond donors (Lipinski definition) is 1. The second-order valence-electron chi connectivity index (χ2n) is 4.89. The SMILES string of the molecule is Cc1cc(C)cc(OCC(=O)Oc2ccccc2C(=O)O)c1. The van der Waals surface area contributed by atoms with Crippen LogP contribution in [0.4, 0.5) is 0 Å². The highest BCUT2D eigenvalue weighted by atomic mass is 16.6. The van der Waals surface area contributed by atoms with Crippen molar-refractivity contribution in [2.24, 2.45) is 0 Å². The van der Waals surface area contributed by atoms with Crippen molar-refractivity contribution in [3.05, 3.63) is 59.2 Å². The van der Waals surface area contributed by atoms with E-state index in [1.54, 1.807) is 12.1 Å². The van der Waals surface area contributed by atoms with E-state index in [9.17, 15) is 9.59 Å². The van der Waals surface area contributed by atoms with Crippen molar-refractivity contribution in [1.29, 1.82) is 0 Å². The molecule has 5 heteroatoms.